The Morgan fingerprint density at radius 3 is 2.90 bits per heavy atom. The van der Waals surface area contributed by atoms with Gasteiger partial charge in [-0.15, -0.1) is 0 Å². The Bertz CT molecular complexity index is 574. The molecule has 1 saturated heterocycles. The summed E-state index contributed by atoms with van der Waals surface area (Å²) in [7, 11) is -3.79. The van der Waals surface area contributed by atoms with E-state index in [0.717, 1.165) is 18.4 Å². The summed E-state index contributed by atoms with van der Waals surface area (Å²) in [5.74, 6) is -0.705. The van der Waals surface area contributed by atoms with Gasteiger partial charge in [-0.05, 0) is 50.3 Å². The van der Waals surface area contributed by atoms with Crippen molar-refractivity contribution >= 4 is 10.0 Å². The van der Waals surface area contributed by atoms with Gasteiger partial charge in [0.15, 0.2) is 0 Å². The highest BCUT2D eigenvalue weighted by Gasteiger charge is 2.36. The Morgan fingerprint density at radius 1 is 1.45 bits per heavy atom. The van der Waals surface area contributed by atoms with Crippen LogP contribution in [-0.2, 0) is 10.0 Å². The normalized spacial score (nSPS) is 20.4. The van der Waals surface area contributed by atoms with Crippen LogP contribution in [0.15, 0.2) is 23.1 Å². The maximum absolute atomic E-state index is 13.9. The minimum atomic E-state index is -3.79. The molecule has 1 aliphatic rings. The first-order valence-corrected chi connectivity index (χ1v) is 8.29. The molecule has 0 aromatic heterocycles. The predicted octanol–water partition coefficient (Wildman–Crippen LogP) is 2.06. The standard InChI is InChI=1S/C14H20FNO3S/c1-11-6-7-13(15)14(10-11)20(18,19)16-8-2-4-12(16)5-3-9-17/h6-7,10,12,17H,2-5,8-9H2,1H3. The third kappa shape index (κ3) is 3.02. The summed E-state index contributed by atoms with van der Waals surface area (Å²) < 4.78 is 40.5. The van der Waals surface area contributed by atoms with Crippen LogP contribution in [0.4, 0.5) is 4.39 Å². The number of rotatable bonds is 5. The minimum absolute atomic E-state index is 0.0448. The zero-order valence-corrected chi connectivity index (χ0v) is 12.4. The summed E-state index contributed by atoms with van der Waals surface area (Å²) in [6.07, 6.45) is 2.73. The highest BCUT2D eigenvalue weighted by atomic mass is 32.2. The zero-order chi connectivity index (χ0) is 14.8. The first kappa shape index (κ1) is 15.4. The van der Waals surface area contributed by atoms with E-state index in [4.69, 9.17) is 5.11 Å². The summed E-state index contributed by atoms with van der Waals surface area (Å²) in [6.45, 7) is 2.21. The van der Waals surface area contributed by atoms with Gasteiger partial charge in [-0.1, -0.05) is 6.07 Å². The number of hydrogen-bond donors (Lipinski definition) is 1. The van der Waals surface area contributed by atoms with Crippen molar-refractivity contribution in [2.24, 2.45) is 0 Å². The molecule has 1 aromatic carbocycles. The van der Waals surface area contributed by atoms with Gasteiger partial charge in [0.2, 0.25) is 10.0 Å². The van der Waals surface area contributed by atoms with Gasteiger partial charge < -0.3 is 5.11 Å². The Labute approximate surface area is 119 Å². The fraction of sp³-hybridized carbons (Fsp3) is 0.571. The summed E-state index contributed by atoms with van der Waals surface area (Å²) in [6, 6.07) is 4.00. The first-order chi connectivity index (χ1) is 9.46. The number of nitrogens with zero attached hydrogens (tertiary/aromatic N) is 1. The number of benzene rings is 1. The third-order valence-electron chi connectivity index (χ3n) is 3.69. The van der Waals surface area contributed by atoms with E-state index in [1.165, 1.54) is 16.4 Å². The molecule has 0 aliphatic carbocycles. The molecule has 1 fully saturated rings. The largest absolute Gasteiger partial charge is 0.396 e. The second-order valence-corrected chi connectivity index (χ2v) is 7.07. The zero-order valence-electron chi connectivity index (χ0n) is 11.5. The van der Waals surface area contributed by atoms with E-state index < -0.39 is 15.8 Å². The van der Waals surface area contributed by atoms with Crippen molar-refractivity contribution in [1.29, 1.82) is 0 Å². The first-order valence-electron chi connectivity index (χ1n) is 6.85. The van der Waals surface area contributed by atoms with Crippen molar-refractivity contribution < 1.29 is 17.9 Å². The van der Waals surface area contributed by atoms with Gasteiger partial charge in [0.1, 0.15) is 10.7 Å². The highest BCUT2D eigenvalue weighted by Crippen LogP contribution is 2.30. The van der Waals surface area contributed by atoms with E-state index in [9.17, 15) is 12.8 Å². The van der Waals surface area contributed by atoms with Crippen molar-refractivity contribution in [2.75, 3.05) is 13.2 Å². The number of aliphatic hydroxyl groups is 1. The lowest BCUT2D eigenvalue weighted by Crippen LogP contribution is -2.36. The van der Waals surface area contributed by atoms with Crippen LogP contribution in [0.25, 0.3) is 0 Å². The van der Waals surface area contributed by atoms with Gasteiger partial charge in [-0.3, -0.25) is 0 Å². The fourth-order valence-electron chi connectivity index (χ4n) is 2.68. The Morgan fingerprint density at radius 2 is 2.20 bits per heavy atom. The van der Waals surface area contributed by atoms with Gasteiger partial charge in [-0.25, -0.2) is 12.8 Å². The van der Waals surface area contributed by atoms with E-state index >= 15 is 0 Å². The summed E-state index contributed by atoms with van der Waals surface area (Å²) in [4.78, 5) is -0.242. The number of hydrogen-bond acceptors (Lipinski definition) is 3. The Balaban J connectivity index is 2.31. The van der Waals surface area contributed by atoms with Gasteiger partial charge in [0, 0.05) is 19.2 Å². The van der Waals surface area contributed by atoms with E-state index in [2.05, 4.69) is 0 Å². The quantitative estimate of drug-likeness (QED) is 0.905. The lowest BCUT2D eigenvalue weighted by molar-refractivity contribution is 0.264. The van der Waals surface area contributed by atoms with Crippen molar-refractivity contribution in [3.05, 3.63) is 29.6 Å². The van der Waals surface area contributed by atoms with Crippen LogP contribution < -0.4 is 0 Å². The maximum atomic E-state index is 13.9. The SMILES string of the molecule is Cc1ccc(F)c(S(=O)(=O)N2CCCC2CCCO)c1. The van der Waals surface area contributed by atoms with Crippen LogP contribution in [-0.4, -0.2) is 37.0 Å². The van der Waals surface area contributed by atoms with E-state index in [-0.39, 0.29) is 17.5 Å². The average molecular weight is 301 g/mol. The molecule has 1 N–H and O–H groups in total. The predicted molar refractivity (Wildman–Crippen MR) is 74.4 cm³/mol. The maximum Gasteiger partial charge on any atom is 0.246 e. The van der Waals surface area contributed by atoms with Crippen molar-refractivity contribution in [1.82, 2.24) is 4.31 Å². The molecule has 1 heterocycles. The molecule has 0 spiro atoms. The topological polar surface area (TPSA) is 57.6 Å². The Kier molecular flexibility index (Phi) is 4.78. The molecule has 0 bridgehead atoms. The molecule has 2 rings (SSSR count). The van der Waals surface area contributed by atoms with Crippen LogP contribution in [0, 0.1) is 12.7 Å². The number of sulfonamides is 1. The van der Waals surface area contributed by atoms with Gasteiger partial charge in [0.25, 0.3) is 0 Å². The van der Waals surface area contributed by atoms with Crippen molar-refractivity contribution in [3.63, 3.8) is 0 Å². The molecule has 0 radical (unpaired) electrons. The van der Waals surface area contributed by atoms with Crippen molar-refractivity contribution in [2.45, 2.75) is 43.5 Å². The number of aliphatic hydroxyl groups excluding tert-OH is 1. The summed E-state index contributed by atoms with van der Waals surface area (Å²) in [5, 5.41) is 8.89. The van der Waals surface area contributed by atoms with Crippen LogP contribution in [0.2, 0.25) is 0 Å². The summed E-state index contributed by atoms with van der Waals surface area (Å²) >= 11 is 0. The molecule has 0 saturated carbocycles. The molecule has 0 amide bonds. The molecule has 1 aromatic rings. The molecule has 4 nitrogen and oxygen atoms in total. The van der Waals surface area contributed by atoms with Gasteiger partial charge >= 0.3 is 0 Å². The van der Waals surface area contributed by atoms with Gasteiger partial charge in [0.05, 0.1) is 0 Å². The van der Waals surface area contributed by atoms with Crippen LogP contribution >= 0.6 is 0 Å². The third-order valence-corrected chi connectivity index (χ3v) is 5.66. The fourth-order valence-corrected chi connectivity index (χ4v) is 4.55. The average Bonchev–Trinajstić information content (AvgIpc) is 2.88. The van der Waals surface area contributed by atoms with E-state index in [1.54, 1.807) is 13.0 Å². The molecule has 6 heteroatoms. The second-order valence-electron chi connectivity index (χ2n) is 5.21. The van der Waals surface area contributed by atoms with Crippen molar-refractivity contribution in [3.8, 4) is 0 Å². The van der Waals surface area contributed by atoms with Crippen LogP contribution in [0.5, 0.6) is 0 Å². The second kappa shape index (κ2) is 6.20. The smallest absolute Gasteiger partial charge is 0.246 e. The minimum Gasteiger partial charge on any atom is -0.396 e. The lowest BCUT2D eigenvalue weighted by Gasteiger charge is -2.24. The van der Waals surface area contributed by atoms with Crippen LogP contribution in [0.1, 0.15) is 31.2 Å². The molecular weight excluding hydrogens is 281 g/mol. The van der Waals surface area contributed by atoms with Crippen LogP contribution in [0.3, 0.4) is 0 Å². The molecule has 1 aliphatic heterocycles. The molecule has 112 valence electrons. The molecule has 20 heavy (non-hydrogen) atoms. The molecule has 1 unspecified atom stereocenters. The van der Waals surface area contributed by atoms with E-state index in [1.807, 2.05) is 0 Å². The monoisotopic (exact) mass is 301 g/mol. The molecule has 1 atom stereocenters. The van der Waals surface area contributed by atoms with Gasteiger partial charge in [-0.2, -0.15) is 4.31 Å². The Hall–Kier alpha value is -0.980. The van der Waals surface area contributed by atoms with E-state index in [0.29, 0.717) is 19.4 Å². The number of aryl methyl sites for hydroxylation is 1. The highest BCUT2D eigenvalue weighted by molar-refractivity contribution is 7.89. The lowest BCUT2D eigenvalue weighted by atomic mass is 10.1. The number of halogens is 1. The summed E-state index contributed by atoms with van der Waals surface area (Å²) in [5.41, 5.74) is 0.719. The molecular formula is C14H20FNO3S.